The van der Waals surface area contributed by atoms with Gasteiger partial charge in [0.15, 0.2) is 0 Å². The van der Waals surface area contributed by atoms with E-state index >= 15 is 0 Å². The minimum Gasteiger partial charge on any atom is -0.366 e. The van der Waals surface area contributed by atoms with Crippen molar-refractivity contribution in [2.24, 2.45) is 5.41 Å². The highest BCUT2D eigenvalue weighted by molar-refractivity contribution is 5.42. The molecule has 2 heterocycles. The Morgan fingerprint density at radius 2 is 1.45 bits per heavy atom. The van der Waals surface area contributed by atoms with Gasteiger partial charge >= 0.3 is 0 Å². The first kappa shape index (κ1) is 17.2. The zero-order chi connectivity index (χ0) is 16.4. The normalized spacial score (nSPS) is 17.8. The second-order valence-corrected chi connectivity index (χ2v) is 8.65. The van der Waals surface area contributed by atoms with E-state index in [4.69, 9.17) is 0 Å². The summed E-state index contributed by atoms with van der Waals surface area (Å²) in [6.45, 7) is 19.0. The fraction of sp³-hybridized carbons (Fsp3) is 0.778. The molecule has 1 aromatic heterocycles. The van der Waals surface area contributed by atoms with E-state index in [0.717, 1.165) is 37.7 Å². The Kier molecular flexibility index (Phi) is 5.10. The van der Waals surface area contributed by atoms with Gasteiger partial charge in [-0.05, 0) is 18.4 Å². The molecule has 1 saturated heterocycles. The van der Waals surface area contributed by atoms with Crippen LogP contribution in [0.2, 0.25) is 0 Å². The second kappa shape index (κ2) is 6.53. The van der Waals surface area contributed by atoms with Crippen LogP contribution in [0.25, 0.3) is 0 Å². The molecule has 0 saturated carbocycles. The molecule has 2 rings (SSSR count). The van der Waals surface area contributed by atoms with Crippen molar-refractivity contribution in [3.63, 3.8) is 0 Å². The van der Waals surface area contributed by atoms with Crippen LogP contribution in [-0.4, -0.2) is 47.6 Å². The first-order chi connectivity index (χ1) is 10.1. The van der Waals surface area contributed by atoms with E-state index in [1.165, 1.54) is 13.0 Å². The molecular formula is C18H32N4. The second-order valence-electron chi connectivity index (χ2n) is 8.65. The van der Waals surface area contributed by atoms with Gasteiger partial charge in [0.1, 0.15) is 5.82 Å². The van der Waals surface area contributed by atoms with E-state index in [9.17, 15) is 0 Å². The van der Waals surface area contributed by atoms with Crippen LogP contribution in [0, 0.1) is 5.41 Å². The standard InChI is InChI=1S/C18H32N4/c1-17(2,3)7-8-21-9-11-22(12-10-21)15-13-19-16(20-14-15)18(4,5)6/h13-14H,7-12H2,1-6H3. The topological polar surface area (TPSA) is 32.3 Å². The maximum atomic E-state index is 4.55. The summed E-state index contributed by atoms with van der Waals surface area (Å²) in [5, 5.41) is 0. The third-order valence-corrected chi connectivity index (χ3v) is 4.22. The smallest absolute Gasteiger partial charge is 0.133 e. The molecule has 1 aliphatic heterocycles. The molecule has 22 heavy (non-hydrogen) atoms. The summed E-state index contributed by atoms with van der Waals surface area (Å²) in [6.07, 6.45) is 5.23. The molecule has 1 fully saturated rings. The van der Waals surface area contributed by atoms with Crippen LogP contribution >= 0.6 is 0 Å². The summed E-state index contributed by atoms with van der Waals surface area (Å²) >= 11 is 0. The Balaban J connectivity index is 1.86. The molecule has 1 aliphatic rings. The lowest BCUT2D eigenvalue weighted by Crippen LogP contribution is -2.47. The Morgan fingerprint density at radius 3 is 1.91 bits per heavy atom. The van der Waals surface area contributed by atoms with Gasteiger partial charge in [-0.15, -0.1) is 0 Å². The van der Waals surface area contributed by atoms with E-state index < -0.39 is 0 Å². The van der Waals surface area contributed by atoms with Crippen LogP contribution in [0.4, 0.5) is 5.69 Å². The maximum Gasteiger partial charge on any atom is 0.133 e. The molecule has 0 spiro atoms. The molecule has 0 aliphatic carbocycles. The molecule has 0 radical (unpaired) electrons. The molecule has 124 valence electrons. The lowest BCUT2D eigenvalue weighted by atomic mass is 9.92. The fourth-order valence-electron chi connectivity index (χ4n) is 2.60. The number of nitrogens with zero attached hydrogens (tertiary/aromatic N) is 4. The molecule has 1 aromatic rings. The van der Waals surface area contributed by atoms with Gasteiger partial charge in [-0.25, -0.2) is 9.97 Å². The molecule has 0 N–H and O–H groups in total. The Bertz CT molecular complexity index is 459. The zero-order valence-corrected chi connectivity index (χ0v) is 15.2. The van der Waals surface area contributed by atoms with Crippen LogP contribution in [0.15, 0.2) is 12.4 Å². The van der Waals surface area contributed by atoms with Gasteiger partial charge in [0.25, 0.3) is 0 Å². The largest absolute Gasteiger partial charge is 0.366 e. The summed E-state index contributed by atoms with van der Waals surface area (Å²) in [5.41, 5.74) is 1.60. The lowest BCUT2D eigenvalue weighted by molar-refractivity contribution is 0.217. The molecule has 0 bridgehead atoms. The molecule has 0 unspecified atom stereocenters. The highest BCUT2D eigenvalue weighted by atomic mass is 15.3. The van der Waals surface area contributed by atoms with E-state index in [0.29, 0.717) is 5.41 Å². The van der Waals surface area contributed by atoms with Gasteiger partial charge < -0.3 is 4.90 Å². The summed E-state index contributed by atoms with van der Waals surface area (Å²) < 4.78 is 0. The van der Waals surface area contributed by atoms with Crippen LogP contribution in [0.5, 0.6) is 0 Å². The molecule has 4 nitrogen and oxygen atoms in total. The van der Waals surface area contributed by atoms with E-state index in [1.807, 2.05) is 12.4 Å². The van der Waals surface area contributed by atoms with Crippen LogP contribution < -0.4 is 4.90 Å². The van der Waals surface area contributed by atoms with Crippen molar-refractivity contribution in [2.45, 2.75) is 53.4 Å². The quantitative estimate of drug-likeness (QED) is 0.857. The van der Waals surface area contributed by atoms with Crippen molar-refractivity contribution >= 4 is 5.69 Å². The average molecular weight is 304 g/mol. The third kappa shape index (κ3) is 4.94. The van der Waals surface area contributed by atoms with Crippen molar-refractivity contribution in [3.8, 4) is 0 Å². The number of anilines is 1. The number of aromatic nitrogens is 2. The highest BCUT2D eigenvalue weighted by Crippen LogP contribution is 2.22. The number of piperazine rings is 1. The summed E-state index contributed by atoms with van der Waals surface area (Å²) in [4.78, 5) is 14.1. The lowest BCUT2D eigenvalue weighted by Gasteiger charge is -2.37. The SMILES string of the molecule is CC(C)(C)CCN1CCN(c2cnc(C(C)(C)C)nc2)CC1. The van der Waals surface area contributed by atoms with Crippen molar-refractivity contribution in [2.75, 3.05) is 37.6 Å². The third-order valence-electron chi connectivity index (χ3n) is 4.22. The van der Waals surface area contributed by atoms with Crippen molar-refractivity contribution in [1.82, 2.24) is 14.9 Å². The predicted molar refractivity (Wildman–Crippen MR) is 93.5 cm³/mol. The summed E-state index contributed by atoms with van der Waals surface area (Å²) in [5.74, 6) is 0.917. The highest BCUT2D eigenvalue weighted by Gasteiger charge is 2.21. The summed E-state index contributed by atoms with van der Waals surface area (Å²) in [7, 11) is 0. The van der Waals surface area contributed by atoms with Crippen LogP contribution in [0.1, 0.15) is 53.8 Å². The zero-order valence-electron chi connectivity index (χ0n) is 15.2. The van der Waals surface area contributed by atoms with E-state index in [1.54, 1.807) is 0 Å². The van der Waals surface area contributed by atoms with Gasteiger partial charge in [0, 0.05) is 31.6 Å². The molecular weight excluding hydrogens is 272 g/mol. The van der Waals surface area contributed by atoms with Crippen LogP contribution in [-0.2, 0) is 5.41 Å². The molecule has 4 heteroatoms. The number of rotatable bonds is 3. The maximum absolute atomic E-state index is 4.55. The molecule has 0 atom stereocenters. The Morgan fingerprint density at radius 1 is 0.909 bits per heavy atom. The minimum atomic E-state index is 0.0180. The van der Waals surface area contributed by atoms with Crippen molar-refractivity contribution in [1.29, 1.82) is 0 Å². The summed E-state index contributed by atoms with van der Waals surface area (Å²) in [6, 6.07) is 0. The first-order valence-electron chi connectivity index (χ1n) is 8.45. The van der Waals surface area contributed by atoms with Crippen molar-refractivity contribution < 1.29 is 0 Å². The van der Waals surface area contributed by atoms with Gasteiger partial charge in [0.2, 0.25) is 0 Å². The van der Waals surface area contributed by atoms with Gasteiger partial charge in [-0.1, -0.05) is 41.5 Å². The van der Waals surface area contributed by atoms with Gasteiger partial charge in [-0.2, -0.15) is 0 Å². The van der Waals surface area contributed by atoms with Gasteiger partial charge in [-0.3, -0.25) is 4.90 Å². The Labute approximate surface area is 135 Å². The van der Waals surface area contributed by atoms with Gasteiger partial charge in [0.05, 0.1) is 18.1 Å². The van der Waals surface area contributed by atoms with Crippen molar-refractivity contribution in [3.05, 3.63) is 18.2 Å². The number of hydrogen-bond acceptors (Lipinski definition) is 4. The molecule has 0 aromatic carbocycles. The minimum absolute atomic E-state index is 0.0180. The average Bonchev–Trinajstić information content (AvgIpc) is 2.44. The Hall–Kier alpha value is -1.16. The first-order valence-corrected chi connectivity index (χ1v) is 8.45. The van der Waals surface area contributed by atoms with E-state index in [-0.39, 0.29) is 5.41 Å². The van der Waals surface area contributed by atoms with Crippen LogP contribution in [0.3, 0.4) is 0 Å². The fourth-order valence-corrected chi connectivity index (χ4v) is 2.60. The molecule has 0 amide bonds. The van der Waals surface area contributed by atoms with E-state index in [2.05, 4.69) is 61.3 Å². The monoisotopic (exact) mass is 304 g/mol. The predicted octanol–water partition coefficient (Wildman–Crippen LogP) is 3.33. The number of hydrogen-bond donors (Lipinski definition) is 0.